The van der Waals surface area contributed by atoms with E-state index < -0.39 is 0 Å². The fourth-order valence-electron chi connectivity index (χ4n) is 4.94. The molecule has 0 saturated carbocycles. The predicted octanol–water partition coefficient (Wildman–Crippen LogP) is 9.28. The minimum atomic E-state index is -0.271. The van der Waals surface area contributed by atoms with Crippen LogP contribution in [0.1, 0.15) is 48.9 Å². The largest absolute Gasteiger partial charge is 0.494 e. The fraction of sp³-hybridized carbons (Fsp3) is 0.229. The summed E-state index contributed by atoms with van der Waals surface area (Å²) >= 11 is 14.6. The van der Waals surface area contributed by atoms with Crippen molar-refractivity contribution in [3.05, 3.63) is 113 Å². The van der Waals surface area contributed by atoms with E-state index in [-0.39, 0.29) is 18.1 Å². The number of hydrogen-bond donors (Lipinski definition) is 0. The van der Waals surface area contributed by atoms with Crippen molar-refractivity contribution >= 4 is 62.9 Å². The van der Waals surface area contributed by atoms with Crippen LogP contribution in [0.15, 0.2) is 76.6 Å². The van der Waals surface area contributed by atoms with E-state index in [1.54, 1.807) is 31.5 Å². The molecule has 0 spiro atoms. The van der Waals surface area contributed by atoms with Crippen LogP contribution in [0.3, 0.4) is 0 Å². The molecule has 0 radical (unpaired) electrons. The number of halogens is 3. The van der Waals surface area contributed by atoms with Crippen LogP contribution in [0.4, 0.5) is 0 Å². The zero-order valence-corrected chi connectivity index (χ0v) is 29.2. The molecule has 1 heterocycles. The number of ether oxygens (including phenoxy) is 3. The number of rotatable bonds is 10. The van der Waals surface area contributed by atoms with Crippen molar-refractivity contribution in [2.45, 2.75) is 40.2 Å². The Balaban J connectivity index is 1.58. The summed E-state index contributed by atoms with van der Waals surface area (Å²) in [6.07, 6.45) is 1.62. The number of para-hydroxylation sites is 1. The second-order valence-electron chi connectivity index (χ2n) is 10.7. The van der Waals surface area contributed by atoms with Crippen molar-refractivity contribution in [2.75, 3.05) is 13.7 Å². The highest BCUT2D eigenvalue weighted by atomic mass is 127. The monoisotopic (exact) mass is 755 g/mol. The summed E-state index contributed by atoms with van der Waals surface area (Å²) in [6, 6.07) is 20.3. The molecule has 0 saturated heterocycles. The molecule has 45 heavy (non-hydrogen) atoms. The van der Waals surface area contributed by atoms with Crippen molar-refractivity contribution in [3.63, 3.8) is 0 Å². The Morgan fingerprint density at radius 1 is 1.02 bits per heavy atom. The Hall–Kier alpha value is -3.60. The number of hydrogen-bond acceptors (Lipinski definition) is 6. The highest BCUT2D eigenvalue weighted by Gasteiger charge is 2.19. The van der Waals surface area contributed by atoms with Gasteiger partial charge in [-0.25, -0.2) is 4.98 Å². The molecule has 0 fully saturated rings. The SMILES string of the molecule is CCOc1cc(C)c(-c2nc3ccccc3c(=O)n2N=Cc2cc(I)c(OCc3ccc(Cl)cc3Cl)c(OC)c2)cc1C(C)C. The molecule has 0 aliphatic heterocycles. The number of nitrogens with zero attached hydrogens (tertiary/aromatic N) is 3. The molecular formula is C35H32Cl2IN3O4. The van der Waals surface area contributed by atoms with Gasteiger partial charge in [-0.2, -0.15) is 9.78 Å². The average Bonchev–Trinajstić information content (AvgIpc) is 3.00. The predicted molar refractivity (Wildman–Crippen MR) is 191 cm³/mol. The maximum atomic E-state index is 13.9. The maximum Gasteiger partial charge on any atom is 0.282 e. The van der Waals surface area contributed by atoms with E-state index in [4.69, 9.17) is 47.5 Å². The van der Waals surface area contributed by atoms with Crippen molar-refractivity contribution < 1.29 is 14.2 Å². The summed E-state index contributed by atoms with van der Waals surface area (Å²) in [7, 11) is 1.57. The molecular weight excluding hydrogens is 724 g/mol. The molecule has 0 amide bonds. The first-order valence-corrected chi connectivity index (χ1v) is 16.2. The van der Waals surface area contributed by atoms with E-state index in [2.05, 4.69) is 42.5 Å². The number of aromatic nitrogens is 2. The van der Waals surface area contributed by atoms with Crippen molar-refractivity contribution in [3.8, 4) is 28.6 Å². The molecule has 10 heteroatoms. The highest BCUT2D eigenvalue weighted by Crippen LogP contribution is 2.36. The maximum absolute atomic E-state index is 13.9. The van der Waals surface area contributed by atoms with E-state index in [1.807, 2.05) is 56.3 Å². The van der Waals surface area contributed by atoms with Gasteiger partial charge in [0.2, 0.25) is 0 Å². The molecule has 0 N–H and O–H groups in total. The fourth-order valence-corrected chi connectivity index (χ4v) is 6.19. The molecule has 5 rings (SSSR count). The second kappa shape index (κ2) is 14.2. The number of benzene rings is 4. The lowest BCUT2D eigenvalue weighted by Crippen LogP contribution is -2.21. The first-order chi connectivity index (χ1) is 21.6. The van der Waals surface area contributed by atoms with Crippen LogP contribution in [0.25, 0.3) is 22.3 Å². The number of aryl methyl sites for hydroxylation is 1. The van der Waals surface area contributed by atoms with Crippen LogP contribution < -0.4 is 19.8 Å². The third kappa shape index (κ3) is 7.13. The van der Waals surface area contributed by atoms with Gasteiger partial charge in [0, 0.05) is 21.2 Å². The van der Waals surface area contributed by atoms with E-state index in [0.717, 1.165) is 31.6 Å². The third-order valence-corrected chi connectivity index (χ3v) is 8.62. The Morgan fingerprint density at radius 2 is 1.80 bits per heavy atom. The topological polar surface area (TPSA) is 74.9 Å². The normalized spacial score (nSPS) is 11.5. The molecule has 0 atom stereocenters. The van der Waals surface area contributed by atoms with Crippen molar-refractivity contribution in [2.24, 2.45) is 5.10 Å². The van der Waals surface area contributed by atoms with Gasteiger partial charge >= 0.3 is 0 Å². The Labute approximate surface area is 285 Å². The summed E-state index contributed by atoms with van der Waals surface area (Å²) in [4.78, 5) is 18.8. The first kappa shape index (κ1) is 32.8. The van der Waals surface area contributed by atoms with Crippen molar-refractivity contribution in [1.82, 2.24) is 9.66 Å². The van der Waals surface area contributed by atoms with Gasteiger partial charge < -0.3 is 14.2 Å². The van der Waals surface area contributed by atoms with Crippen LogP contribution in [-0.2, 0) is 6.61 Å². The molecule has 0 bridgehead atoms. The summed E-state index contributed by atoms with van der Waals surface area (Å²) in [5.41, 5.74) is 4.60. The van der Waals surface area contributed by atoms with E-state index in [0.29, 0.717) is 50.4 Å². The molecule has 0 aliphatic carbocycles. The van der Waals surface area contributed by atoms with Crippen LogP contribution in [0.5, 0.6) is 17.2 Å². The van der Waals surface area contributed by atoms with Gasteiger partial charge in [-0.1, -0.05) is 55.2 Å². The summed E-state index contributed by atoms with van der Waals surface area (Å²) in [5, 5.41) is 6.25. The molecule has 0 unspecified atom stereocenters. The van der Waals surface area contributed by atoms with E-state index in [9.17, 15) is 4.79 Å². The van der Waals surface area contributed by atoms with Crippen LogP contribution in [0.2, 0.25) is 10.0 Å². The molecule has 1 aromatic heterocycles. The van der Waals surface area contributed by atoms with Crippen LogP contribution >= 0.6 is 45.8 Å². The summed E-state index contributed by atoms with van der Waals surface area (Å²) in [5.74, 6) is 2.55. The highest BCUT2D eigenvalue weighted by molar-refractivity contribution is 14.1. The van der Waals surface area contributed by atoms with E-state index in [1.165, 1.54) is 4.68 Å². The number of methoxy groups -OCH3 is 1. The minimum absolute atomic E-state index is 0.195. The van der Waals surface area contributed by atoms with Gasteiger partial charge in [-0.05, 0) is 108 Å². The Bertz CT molecular complexity index is 1970. The molecule has 5 aromatic rings. The van der Waals surface area contributed by atoms with Gasteiger partial charge in [0.25, 0.3) is 5.56 Å². The molecule has 0 aliphatic rings. The lowest BCUT2D eigenvalue weighted by atomic mass is 9.96. The van der Waals surface area contributed by atoms with Crippen molar-refractivity contribution in [1.29, 1.82) is 0 Å². The smallest absolute Gasteiger partial charge is 0.282 e. The standard InChI is InChI=1S/C35H32Cl2IN3O4/c1-6-44-31-13-21(4)27(17-26(31)20(2)3)34-40-30-10-8-7-9-25(30)35(42)41(34)39-18-22-14-29(38)33(32(15-22)43-5)45-19-23-11-12-24(36)16-28(23)37/h7-18,20H,6,19H2,1-5H3. The van der Waals surface area contributed by atoms with Crippen LogP contribution in [-0.4, -0.2) is 29.6 Å². The summed E-state index contributed by atoms with van der Waals surface area (Å²) in [6.45, 7) is 8.97. The lowest BCUT2D eigenvalue weighted by Gasteiger charge is -2.18. The van der Waals surface area contributed by atoms with Gasteiger partial charge in [0.05, 0.1) is 34.4 Å². The lowest BCUT2D eigenvalue weighted by molar-refractivity contribution is 0.282. The molecule has 7 nitrogen and oxygen atoms in total. The van der Waals surface area contributed by atoms with Gasteiger partial charge in [-0.15, -0.1) is 0 Å². The van der Waals surface area contributed by atoms with E-state index >= 15 is 0 Å². The molecule has 4 aromatic carbocycles. The third-order valence-electron chi connectivity index (χ3n) is 7.23. The van der Waals surface area contributed by atoms with Gasteiger partial charge in [-0.3, -0.25) is 4.79 Å². The van der Waals surface area contributed by atoms with Crippen LogP contribution in [0, 0.1) is 10.5 Å². The van der Waals surface area contributed by atoms with Gasteiger partial charge in [0.15, 0.2) is 17.3 Å². The average molecular weight is 756 g/mol. The quantitative estimate of drug-likeness (QED) is 0.105. The first-order valence-electron chi connectivity index (χ1n) is 14.4. The Morgan fingerprint density at radius 3 is 2.51 bits per heavy atom. The zero-order chi connectivity index (χ0) is 32.2. The minimum Gasteiger partial charge on any atom is -0.494 e. The van der Waals surface area contributed by atoms with Gasteiger partial charge in [0.1, 0.15) is 12.4 Å². The molecule has 232 valence electrons. The number of fused-ring (bicyclic) bond motifs is 1. The second-order valence-corrected chi connectivity index (χ2v) is 12.7. The summed E-state index contributed by atoms with van der Waals surface area (Å²) < 4.78 is 19.9. The zero-order valence-electron chi connectivity index (χ0n) is 25.5. The Kier molecular flexibility index (Phi) is 10.4.